The van der Waals surface area contributed by atoms with E-state index in [4.69, 9.17) is 14.6 Å². The first kappa shape index (κ1) is 23.3. The molecule has 35 heavy (non-hydrogen) atoms. The molecule has 0 radical (unpaired) electrons. The topological polar surface area (TPSA) is 56.6 Å². The molecule has 2 atom stereocenters. The van der Waals surface area contributed by atoms with Gasteiger partial charge in [-0.3, -0.25) is 4.79 Å². The molecule has 2 aliphatic rings. The van der Waals surface area contributed by atoms with Crippen LogP contribution in [0.25, 0.3) is 16.9 Å². The first-order valence-electron chi connectivity index (χ1n) is 11.6. The lowest BCUT2D eigenvalue weighted by atomic mass is 9.87. The van der Waals surface area contributed by atoms with E-state index in [1.165, 1.54) is 0 Å². The third-order valence-electron chi connectivity index (χ3n) is 7.06. The molecule has 0 aliphatic carbocycles. The number of nitrogens with zero attached hydrogens (tertiary/aromatic N) is 3. The van der Waals surface area contributed by atoms with Gasteiger partial charge in [-0.25, -0.2) is 4.68 Å². The predicted octanol–water partition coefficient (Wildman–Crippen LogP) is 5.36. The zero-order valence-corrected chi connectivity index (χ0v) is 19.5. The minimum absolute atomic E-state index is 0.0266. The van der Waals surface area contributed by atoms with Crippen LogP contribution in [0.4, 0.5) is 13.2 Å². The Balaban J connectivity index is 1.49. The van der Waals surface area contributed by atoms with Crippen LogP contribution in [-0.2, 0) is 4.79 Å². The van der Waals surface area contributed by atoms with Crippen LogP contribution in [0.15, 0.2) is 54.6 Å². The van der Waals surface area contributed by atoms with E-state index in [1.54, 1.807) is 14.2 Å². The molecular weight excluding hydrogens is 459 g/mol. The van der Waals surface area contributed by atoms with E-state index in [0.717, 1.165) is 39.0 Å². The lowest BCUT2D eigenvalue weighted by Gasteiger charge is -2.38. The van der Waals surface area contributed by atoms with Gasteiger partial charge >= 0.3 is 12.1 Å². The quantitative estimate of drug-likeness (QED) is 0.489. The Labute approximate surface area is 201 Å². The molecular formula is C26H26F3N3O3. The molecule has 2 fully saturated rings. The summed E-state index contributed by atoms with van der Waals surface area (Å²) in [6.45, 7) is 0. The normalized spacial score (nSPS) is 21.7. The van der Waals surface area contributed by atoms with Crippen LogP contribution in [0, 0.1) is 0 Å². The number of alkyl halides is 3. The summed E-state index contributed by atoms with van der Waals surface area (Å²) in [7, 11) is 3.22. The van der Waals surface area contributed by atoms with Crippen molar-refractivity contribution in [3.05, 3.63) is 60.3 Å². The molecule has 3 aromatic rings. The first-order chi connectivity index (χ1) is 16.8. The number of methoxy groups -OCH3 is 2. The lowest BCUT2D eigenvalue weighted by Crippen LogP contribution is -2.51. The van der Waals surface area contributed by atoms with Gasteiger partial charge in [-0.05, 0) is 80.3 Å². The largest absolute Gasteiger partial charge is 0.497 e. The minimum Gasteiger partial charge on any atom is -0.497 e. The van der Waals surface area contributed by atoms with Crippen molar-refractivity contribution in [3.63, 3.8) is 0 Å². The van der Waals surface area contributed by atoms with Crippen LogP contribution in [0.3, 0.4) is 0 Å². The summed E-state index contributed by atoms with van der Waals surface area (Å²) in [4.78, 5) is 13.1. The Kier molecular flexibility index (Phi) is 5.94. The van der Waals surface area contributed by atoms with Gasteiger partial charge in [0, 0.05) is 23.6 Å². The van der Waals surface area contributed by atoms with Gasteiger partial charge in [-0.15, -0.1) is 0 Å². The highest BCUT2D eigenvalue weighted by Gasteiger charge is 2.52. The van der Waals surface area contributed by atoms with E-state index < -0.39 is 24.2 Å². The fraction of sp³-hybridized carbons (Fsp3) is 0.385. The molecule has 9 heteroatoms. The highest BCUT2D eigenvalue weighted by Crippen LogP contribution is 2.45. The molecule has 0 saturated carbocycles. The predicted molar refractivity (Wildman–Crippen MR) is 124 cm³/mol. The number of fused-ring (bicyclic) bond motifs is 2. The number of hydrogen-bond acceptors (Lipinski definition) is 4. The van der Waals surface area contributed by atoms with Crippen molar-refractivity contribution in [2.45, 2.75) is 49.9 Å². The Bertz CT molecular complexity index is 1130. The maximum Gasteiger partial charge on any atom is 0.471 e. The van der Waals surface area contributed by atoms with Gasteiger partial charge < -0.3 is 14.4 Å². The number of carbonyl (C=O) groups is 1. The van der Waals surface area contributed by atoms with Crippen LogP contribution in [0.1, 0.15) is 37.3 Å². The Morgan fingerprint density at radius 1 is 0.914 bits per heavy atom. The Morgan fingerprint density at radius 3 is 1.97 bits per heavy atom. The average molecular weight is 486 g/mol. The maximum absolute atomic E-state index is 13.1. The molecule has 1 aromatic heterocycles. The average Bonchev–Trinajstić information content (AvgIpc) is 3.42. The van der Waals surface area contributed by atoms with Crippen molar-refractivity contribution in [2.75, 3.05) is 14.2 Å². The van der Waals surface area contributed by atoms with Crippen molar-refractivity contribution in [3.8, 4) is 28.4 Å². The van der Waals surface area contributed by atoms with Gasteiger partial charge in [0.2, 0.25) is 0 Å². The first-order valence-corrected chi connectivity index (χ1v) is 11.6. The molecule has 0 spiro atoms. The fourth-order valence-electron chi connectivity index (χ4n) is 5.38. The second kappa shape index (κ2) is 8.94. The molecule has 2 aromatic carbocycles. The molecule has 184 valence electrons. The molecule has 2 aliphatic heterocycles. The Hall–Kier alpha value is -3.49. The molecule has 2 unspecified atom stereocenters. The smallest absolute Gasteiger partial charge is 0.471 e. The summed E-state index contributed by atoms with van der Waals surface area (Å²) in [6, 6.07) is 16.4. The summed E-state index contributed by atoms with van der Waals surface area (Å²) in [6.07, 6.45) is -2.72. The van der Waals surface area contributed by atoms with Crippen LogP contribution >= 0.6 is 0 Å². The van der Waals surface area contributed by atoms with Gasteiger partial charge in [0.15, 0.2) is 0 Å². The van der Waals surface area contributed by atoms with Gasteiger partial charge in [-0.2, -0.15) is 18.3 Å². The summed E-state index contributed by atoms with van der Waals surface area (Å²) >= 11 is 0. The van der Waals surface area contributed by atoms with Crippen molar-refractivity contribution in [2.24, 2.45) is 0 Å². The van der Waals surface area contributed by atoms with Crippen molar-refractivity contribution >= 4 is 5.91 Å². The molecule has 0 N–H and O–H groups in total. The number of benzene rings is 2. The van der Waals surface area contributed by atoms with E-state index in [1.807, 2.05) is 59.3 Å². The van der Waals surface area contributed by atoms with Crippen molar-refractivity contribution in [1.29, 1.82) is 0 Å². The zero-order chi connectivity index (χ0) is 24.7. The van der Waals surface area contributed by atoms with Crippen LogP contribution < -0.4 is 9.47 Å². The second-order valence-corrected chi connectivity index (χ2v) is 9.06. The number of amides is 1. The molecule has 5 rings (SSSR count). The van der Waals surface area contributed by atoms with Gasteiger partial charge in [0.25, 0.3) is 0 Å². The van der Waals surface area contributed by atoms with E-state index in [2.05, 4.69) is 0 Å². The maximum atomic E-state index is 13.1. The van der Waals surface area contributed by atoms with Crippen LogP contribution in [-0.4, -0.2) is 53.1 Å². The van der Waals surface area contributed by atoms with Crippen molar-refractivity contribution in [1.82, 2.24) is 14.7 Å². The summed E-state index contributed by atoms with van der Waals surface area (Å²) in [5, 5.41) is 4.91. The number of piperidine rings is 1. The summed E-state index contributed by atoms with van der Waals surface area (Å²) in [5.74, 6) is -0.277. The van der Waals surface area contributed by atoms with Gasteiger partial charge in [0.1, 0.15) is 11.5 Å². The molecule has 2 bridgehead atoms. The molecule has 2 saturated heterocycles. The summed E-state index contributed by atoms with van der Waals surface area (Å²) < 4.78 is 51.8. The summed E-state index contributed by atoms with van der Waals surface area (Å²) in [5.41, 5.74) is 3.47. The number of aromatic nitrogens is 2. The van der Waals surface area contributed by atoms with E-state index in [-0.39, 0.29) is 5.92 Å². The lowest BCUT2D eigenvalue weighted by molar-refractivity contribution is -0.190. The third-order valence-corrected chi connectivity index (χ3v) is 7.06. The highest BCUT2D eigenvalue weighted by molar-refractivity contribution is 5.83. The third kappa shape index (κ3) is 4.35. The van der Waals surface area contributed by atoms with E-state index in [0.29, 0.717) is 25.7 Å². The molecule has 1 amide bonds. The number of hydrogen-bond donors (Lipinski definition) is 0. The molecule has 3 heterocycles. The van der Waals surface area contributed by atoms with E-state index in [9.17, 15) is 18.0 Å². The van der Waals surface area contributed by atoms with Gasteiger partial charge in [-0.1, -0.05) is 0 Å². The minimum atomic E-state index is -4.84. The SMILES string of the molecule is COc1ccc(-c2cc(C3CC4CCC(C3)N4C(=O)C(F)(F)F)nn2-c2ccc(OC)cc2)cc1. The standard InChI is InChI=1S/C26H26F3N3O3/c1-34-21-9-3-16(4-10-21)24-15-23(30-32(24)18-7-11-22(35-2)12-8-18)17-13-19-5-6-20(14-17)31(19)25(33)26(27,28)29/h3-4,7-12,15,17,19-20H,5-6,13-14H2,1-2H3. The molecule has 6 nitrogen and oxygen atoms in total. The van der Waals surface area contributed by atoms with Crippen LogP contribution in [0.2, 0.25) is 0 Å². The number of ether oxygens (including phenoxy) is 2. The zero-order valence-electron chi connectivity index (χ0n) is 19.5. The monoisotopic (exact) mass is 485 g/mol. The van der Waals surface area contributed by atoms with Crippen molar-refractivity contribution < 1.29 is 27.4 Å². The van der Waals surface area contributed by atoms with E-state index >= 15 is 0 Å². The highest BCUT2D eigenvalue weighted by atomic mass is 19.4. The van der Waals surface area contributed by atoms with Gasteiger partial charge in [0.05, 0.1) is 31.3 Å². The fourth-order valence-corrected chi connectivity index (χ4v) is 5.38. The number of carbonyl (C=O) groups excluding carboxylic acids is 1. The number of rotatable bonds is 5. The van der Waals surface area contributed by atoms with Crippen LogP contribution in [0.5, 0.6) is 11.5 Å². The number of halogens is 3. The second-order valence-electron chi connectivity index (χ2n) is 9.06. The Morgan fingerprint density at radius 2 is 1.46 bits per heavy atom.